The Labute approximate surface area is 88.1 Å². The van der Waals surface area contributed by atoms with Crippen molar-refractivity contribution in [1.29, 1.82) is 0 Å². The maximum Gasteiger partial charge on any atom is -0.000654 e. The van der Waals surface area contributed by atoms with Crippen molar-refractivity contribution in [2.45, 2.75) is 38.5 Å². The SMILES string of the molecule is C(CCN1CCC1)CC1CCNCC1. The van der Waals surface area contributed by atoms with Crippen LogP contribution in [0.4, 0.5) is 0 Å². The van der Waals surface area contributed by atoms with Gasteiger partial charge in [-0.1, -0.05) is 12.8 Å². The number of nitrogens with one attached hydrogen (secondary N) is 1. The van der Waals surface area contributed by atoms with Crippen molar-refractivity contribution >= 4 is 0 Å². The summed E-state index contributed by atoms with van der Waals surface area (Å²) < 4.78 is 0. The van der Waals surface area contributed by atoms with Crippen molar-refractivity contribution in [2.75, 3.05) is 32.7 Å². The van der Waals surface area contributed by atoms with Crippen molar-refractivity contribution in [1.82, 2.24) is 10.2 Å². The van der Waals surface area contributed by atoms with Crippen molar-refractivity contribution in [3.8, 4) is 0 Å². The molecule has 2 fully saturated rings. The second-order valence-electron chi connectivity index (χ2n) is 4.88. The van der Waals surface area contributed by atoms with Gasteiger partial charge in [0, 0.05) is 0 Å². The molecule has 2 saturated heterocycles. The zero-order chi connectivity index (χ0) is 9.64. The van der Waals surface area contributed by atoms with Gasteiger partial charge in [-0.3, -0.25) is 0 Å². The molecule has 0 spiro atoms. The van der Waals surface area contributed by atoms with Crippen LogP contribution in [0.25, 0.3) is 0 Å². The highest BCUT2D eigenvalue weighted by molar-refractivity contribution is 4.70. The Kier molecular flexibility index (Phi) is 4.26. The fourth-order valence-corrected chi connectivity index (χ4v) is 2.54. The third kappa shape index (κ3) is 3.25. The zero-order valence-electron chi connectivity index (χ0n) is 9.30. The molecular weight excluding hydrogens is 172 g/mol. The van der Waals surface area contributed by atoms with E-state index < -0.39 is 0 Å². The largest absolute Gasteiger partial charge is 0.317 e. The molecule has 0 aliphatic carbocycles. The van der Waals surface area contributed by atoms with Crippen LogP contribution in [-0.4, -0.2) is 37.6 Å². The number of nitrogens with zero attached hydrogens (tertiary/aromatic N) is 1. The van der Waals surface area contributed by atoms with E-state index in [9.17, 15) is 0 Å². The van der Waals surface area contributed by atoms with E-state index in [1.54, 1.807) is 0 Å². The van der Waals surface area contributed by atoms with Crippen molar-refractivity contribution in [3.05, 3.63) is 0 Å². The van der Waals surface area contributed by atoms with Gasteiger partial charge in [0.2, 0.25) is 0 Å². The molecule has 0 aromatic heterocycles. The minimum atomic E-state index is 1.03. The van der Waals surface area contributed by atoms with Crippen LogP contribution in [0.2, 0.25) is 0 Å². The van der Waals surface area contributed by atoms with E-state index in [4.69, 9.17) is 0 Å². The molecule has 0 saturated carbocycles. The first-order valence-corrected chi connectivity index (χ1v) is 6.38. The summed E-state index contributed by atoms with van der Waals surface area (Å²) in [5.41, 5.74) is 0. The molecular formula is C12H24N2. The summed E-state index contributed by atoms with van der Waals surface area (Å²) in [6.07, 6.45) is 8.66. The lowest BCUT2D eigenvalue weighted by atomic mass is 9.92. The molecule has 2 aliphatic rings. The van der Waals surface area contributed by atoms with Gasteiger partial charge >= 0.3 is 0 Å². The molecule has 0 aromatic rings. The molecule has 0 bridgehead atoms. The molecule has 0 atom stereocenters. The molecule has 0 unspecified atom stereocenters. The molecule has 1 N–H and O–H groups in total. The lowest BCUT2D eigenvalue weighted by Crippen LogP contribution is -2.37. The molecule has 0 aromatic carbocycles. The minimum Gasteiger partial charge on any atom is -0.317 e. The monoisotopic (exact) mass is 196 g/mol. The van der Waals surface area contributed by atoms with Crippen molar-refractivity contribution in [2.24, 2.45) is 5.92 Å². The Morgan fingerprint density at radius 3 is 2.50 bits per heavy atom. The van der Waals surface area contributed by atoms with Crippen LogP contribution < -0.4 is 5.32 Å². The quantitative estimate of drug-likeness (QED) is 0.675. The second kappa shape index (κ2) is 5.72. The summed E-state index contributed by atoms with van der Waals surface area (Å²) in [6.45, 7) is 6.62. The van der Waals surface area contributed by atoms with Crippen LogP contribution in [0.3, 0.4) is 0 Å². The van der Waals surface area contributed by atoms with E-state index in [0.717, 1.165) is 5.92 Å². The van der Waals surface area contributed by atoms with Crippen molar-refractivity contribution in [3.63, 3.8) is 0 Å². The first kappa shape index (κ1) is 10.4. The van der Waals surface area contributed by atoms with E-state index in [-0.39, 0.29) is 0 Å². The molecule has 82 valence electrons. The van der Waals surface area contributed by atoms with Crippen LogP contribution in [0, 0.1) is 5.92 Å². The van der Waals surface area contributed by atoms with Crippen LogP contribution in [0.15, 0.2) is 0 Å². The van der Waals surface area contributed by atoms with Crippen molar-refractivity contribution < 1.29 is 0 Å². The molecule has 2 aliphatic heterocycles. The molecule has 2 heteroatoms. The Hall–Kier alpha value is -0.0800. The number of rotatable bonds is 5. The Balaban J connectivity index is 1.45. The second-order valence-corrected chi connectivity index (χ2v) is 4.88. The van der Waals surface area contributed by atoms with Crippen LogP contribution in [-0.2, 0) is 0 Å². The lowest BCUT2D eigenvalue weighted by molar-refractivity contribution is 0.176. The number of likely N-dealkylation sites (tertiary alicyclic amines) is 1. The minimum absolute atomic E-state index is 1.03. The molecule has 2 rings (SSSR count). The molecule has 0 radical (unpaired) electrons. The average Bonchev–Trinajstić information content (AvgIpc) is 2.16. The smallest absolute Gasteiger partial charge is 0.000654 e. The first-order chi connectivity index (χ1) is 6.95. The number of unbranched alkanes of at least 4 members (excludes halogenated alkanes) is 1. The Bertz CT molecular complexity index is 148. The van der Waals surface area contributed by atoms with Gasteiger partial charge < -0.3 is 10.2 Å². The third-order valence-corrected chi connectivity index (χ3v) is 3.74. The summed E-state index contributed by atoms with van der Waals surface area (Å²) in [5, 5.41) is 3.43. The van der Waals surface area contributed by atoms with Gasteiger partial charge in [0.15, 0.2) is 0 Å². The average molecular weight is 196 g/mol. The zero-order valence-corrected chi connectivity index (χ0v) is 9.30. The lowest BCUT2D eigenvalue weighted by Gasteiger charge is -2.30. The highest BCUT2D eigenvalue weighted by Gasteiger charge is 2.14. The summed E-state index contributed by atoms with van der Waals surface area (Å²) in [6, 6.07) is 0. The number of hydrogen-bond donors (Lipinski definition) is 1. The molecule has 0 amide bonds. The summed E-state index contributed by atoms with van der Waals surface area (Å²) in [5.74, 6) is 1.03. The van der Waals surface area contributed by atoms with E-state index in [0.29, 0.717) is 0 Å². The Morgan fingerprint density at radius 2 is 1.86 bits per heavy atom. The van der Waals surface area contributed by atoms with E-state index in [1.807, 2.05) is 0 Å². The van der Waals surface area contributed by atoms with Gasteiger partial charge in [0.05, 0.1) is 0 Å². The molecule has 2 heterocycles. The summed E-state index contributed by atoms with van der Waals surface area (Å²) >= 11 is 0. The van der Waals surface area contributed by atoms with Gasteiger partial charge in [-0.25, -0.2) is 0 Å². The molecule has 2 nitrogen and oxygen atoms in total. The van der Waals surface area contributed by atoms with Gasteiger partial charge in [0.1, 0.15) is 0 Å². The highest BCUT2D eigenvalue weighted by Crippen LogP contribution is 2.19. The normalized spacial score (nSPS) is 24.9. The topological polar surface area (TPSA) is 15.3 Å². The number of piperidine rings is 1. The van der Waals surface area contributed by atoms with Gasteiger partial charge in [0.25, 0.3) is 0 Å². The third-order valence-electron chi connectivity index (χ3n) is 3.74. The number of hydrogen-bond acceptors (Lipinski definition) is 2. The van der Waals surface area contributed by atoms with Crippen LogP contribution >= 0.6 is 0 Å². The van der Waals surface area contributed by atoms with Crippen LogP contribution in [0.1, 0.15) is 38.5 Å². The predicted octanol–water partition coefficient (Wildman–Crippen LogP) is 1.86. The Morgan fingerprint density at radius 1 is 1.07 bits per heavy atom. The van der Waals surface area contributed by atoms with E-state index in [1.165, 1.54) is 71.2 Å². The summed E-state index contributed by atoms with van der Waals surface area (Å²) in [4.78, 5) is 2.59. The fraction of sp³-hybridized carbons (Fsp3) is 1.00. The van der Waals surface area contributed by atoms with Gasteiger partial charge in [-0.15, -0.1) is 0 Å². The fourth-order valence-electron chi connectivity index (χ4n) is 2.54. The summed E-state index contributed by atoms with van der Waals surface area (Å²) in [7, 11) is 0. The maximum atomic E-state index is 3.43. The molecule has 14 heavy (non-hydrogen) atoms. The maximum absolute atomic E-state index is 3.43. The first-order valence-electron chi connectivity index (χ1n) is 6.38. The predicted molar refractivity (Wildman–Crippen MR) is 60.5 cm³/mol. The van der Waals surface area contributed by atoms with Gasteiger partial charge in [-0.05, 0) is 64.3 Å². The van der Waals surface area contributed by atoms with Crippen LogP contribution in [0.5, 0.6) is 0 Å². The van der Waals surface area contributed by atoms with Gasteiger partial charge in [-0.2, -0.15) is 0 Å². The highest BCUT2D eigenvalue weighted by atomic mass is 15.2. The van der Waals surface area contributed by atoms with E-state index in [2.05, 4.69) is 10.2 Å². The van der Waals surface area contributed by atoms with E-state index >= 15 is 0 Å². The standard InChI is InChI=1S/C12H24N2/c1(2-9-14-10-3-11-14)4-12-5-7-13-8-6-12/h12-13H,1-11H2.